The van der Waals surface area contributed by atoms with E-state index in [2.05, 4.69) is 28.9 Å². The minimum atomic E-state index is -0.919. The summed E-state index contributed by atoms with van der Waals surface area (Å²) in [7, 11) is 3.13. The van der Waals surface area contributed by atoms with Crippen LogP contribution in [0.3, 0.4) is 0 Å². The highest BCUT2D eigenvalue weighted by atomic mass is 16.7. The number of nitrogens with zero attached hydrogens (tertiary/aromatic N) is 2. The van der Waals surface area contributed by atoms with Gasteiger partial charge in [-0.3, -0.25) is 9.63 Å². The average Bonchev–Trinajstić information content (AvgIpc) is 2.88. The second kappa shape index (κ2) is 10.0. The number of carbonyl (C=O) groups excluding carboxylic acids is 1. The van der Waals surface area contributed by atoms with Crippen molar-refractivity contribution in [3.8, 4) is 17.6 Å². The zero-order valence-electron chi connectivity index (χ0n) is 19.8. The molecule has 0 aromatic heterocycles. The number of hydrogen-bond donors (Lipinski definition) is 1. The first-order valence-corrected chi connectivity index (χ1v) is 11.5. The van der Waals surface area contributed by atoms with Gasteiger partial charge in [0.15, 0.2) is 0 Å². The van der Waals surface area contributed by atoms with Gasteiger partial charge in [0.05, 0.1) is 18.7 Å². The highest BCUT2D eigenvalue weighted by Crippen LogP contribution is 2.47. The Morgan fingerprint density at radius 2 is 1.65 bits per heavy atom. The van der Waals surface area contributed by atoms with Crippen LogP contribution in [0.1, 0.15) is 30.4 Å². The molecule has 0 unspecified atom stereocenters. The number of anilines is 1. The van der Waals surface area contributed by atoms with Gasteiger partial charge in [-0.25, -0.2) is 5.06 Å². The zero-order valence-corrected chi connectivity index (χ0v) is 19.8. The number of hydroxylamine groups is 2. The molecular formula is C29H30N2O3. The van der Waals surface area contributed by atoms with Crippen LogP contribution in [0.15, 0.2) is 84.9 Å². The van der Waals surface area contributed by atoms with Crippen molar-refractivity contribution in [2.24, 2.45) is 5.92 Å². The van der Waals surface area contributed by atoms with E-state index in [1.807, 2.05) is 67.6 Å². The van der Waals surface area contributed by atoms with E-state index in [-0.39, 0.29) is 17.6 Å². The molecule has 0 bridgehead atoms. The molecule has 3 aromatic rings. The van der Waals surface area contributed by atoms with E-state index in [9.17, 15) is 9.90 Å². The van der Waals surface area contributed by atoms with Crippen LogP contribution in [0.2, 0.25) is 0 Å². The molecule has 4 rings (SSSR count). The van der Waals surface area contributed by atoms with Crippen molar-refractivity contribution in [2.45, 2.75) is 24.8 Å². The largest absolute Gasteiger partial charge is 0.506 e. The van der Waals surface area contributed by atoms with Crippen molar-refractivity contribution in [1.29, 1.82) is 0 Å². The summed E-state index contributed by atoms with van der Waals surface area (Å²) in [5, 5.41) is 12.0. The summed E-state index contributed by atoms with van der Waals surface area (Å²) in [6, 6.07) is 27.1. The Bertz CT molecular complexity index is 1190. The summed E-state index contributed by atoms with van der Waals surface area (Å²) < 4.78 is 0. The molecule has 1 amide bonds. The Morgan fingerprint density at radius 3 is 2.29 bits per heavy atom. The van der Waals surface area contributed by atoms with E-state index in [0.717, 1.165) is 17.5 Å². The predicted octanol–water partition coefficient (Wildman–Crippen LogP) is 4.83. The fourth-order valence-corrected chi connectivity index (χ4v) is 4.91. The standard InChI is InChI=1S/C29H30N2O3/c1-29(20-18-22-12-6-4-7-13-22)27(28(33)30(2)34-3)24(23-14-8-5-9-15-23)19-21-31(29)25-16-10-11-17-26(25)32/h4-17,24,27,32H,19,21H2,1-3H3/t24-,27+,29+/m0/s1. The summed E-state index contributed by atoms with van der Waals surface area (Å²) in [5.74, 6) is 6.18. The Labute approximate surface area is 201 Å². The molecule has 5 nitrogen and oxygen atoms in total. The Balaban J connectivity index is 1.91. The maximum Gasteiger partial charge on any atom is 0.252 e. The summed E-state index contributed by atoms with van der Waals surface area (Å²) in [6.07, 6.45) is 0.731. The van der Waals surface area contributed by atoms with E-state index in [4.69, 9.17) is 4.84 Å². The Hall–Kier alpha value is -3.75. The lowest BCUT2D eigenvalue weighted by atomic mass is 9.68. The lowest BCUT2D eigenvalue weighted by Gasteiger charge is -2.51. The Morgan fingerprint density at radius 1 is 1.03 bits per heavy atom. The van der Waals surface area contributed by atoms with Crippen molar-refractivity contribution >= 4 is 11.6 Å². The fraction of sp³-hybridized carbons (Fsp3) is 0.276. The molecule has 174 valence electrons. The van der Waals surface area contributed by atoms with E-state index in [0.29, 0.717) is 12.2 Å². The minimum Gasteiger partial charge on any atom is -0.506 e. The number of hydrogen-bond acceptors (Lipinski definition) is 4. The highest BCUT2D eigenvalue weighted by Gasteiger charge is 2.52. The molecule has 1 aliphatic rings. The Kier molecular flexibility index (Phi) is 6.90. The smallest absolute Gasteiger partial charge is 0.252 e. The zero-order chi connectivity index (χ0) is 24.1. The lowest BCUT2D eigenvalue weighted by Crippen LogP contribution is -2.61. The van der Waals surface area contributed by atoms with Gasteiger partial charge in [0.2, 0.25) is 0 Å². The van der Waals surface area contributed by atoms with E-state index < -0.39 is 11.5 Å². The van der Waals surface area contributed by atoms with Crippen LogP contribution in [-0.4, -0.2) is 42.3 Å². The second-order valence-corrected chi connectivity index (χ2v) is 8.71. The van der Waals surface area contributed by atoms with Crippen molar-refractivity contribution in [3.63, 3.8) is 0 Å². The quantitative estimate of drug-likeness (QED) is 0.453. The first-order valence-electron chi connectivity index (χ1n) is 11.5. The van der Waals surface area contributed by atoms with Crippen molar-refractivity contribution < 1.29 is 14.7 Å². The number of piperidine rings is 1. The molecule has 1 fully saturated rings. The molecular weight excluding hydrogens is 424 g/mol. The third kappa shape index (κ3) is 4.50. The van der Waals surface area contributed by atoms with E-state index in [1.165, 1.54) is 12.2 Å². The van der Waals surface area contributed by atoms with E-state index in [1.54, 1.807) is 19.2 Å². The van der Waals surface area contributed by atoms with Gasteiger partial charge in [0, 0.05) is 25.1 Å². The monoisotopic (exact) mass is 454 g/mol. The molecule has 0 spiro atoms. The van der Waals surface area contributed by atoms with Crippen LogP contribution >= 0.6 is 0 Å². The normalized spacial score (nSPS) is 21.9. The van der Waals surface area contributed by atoms with Gasteiger partial charge >= 0.3 is 0 Å². The topological polar surface area (TPSA) is 53.0 Å². The number of carbonyl (C=O) groups is 1. The molecule has 1 heterocycles. The maximum atomic E-state index is 13.8. The number of amides is 1. The lowest BCUT2D eigenvalue weighted by molar-refractivity contribution is -0.176. The highest BCUT2D eigenvalue weighted by molar-refractivity contribution is 5.83. The molecule has 3 aromatic carbocycles. The fourth-order valence-electron chi connectivity index (χ4n) is 4.91. The molecule has 5 heteroatoms. The average molecular weight is 455 g/mol. The summed E-state index contributed by atoms with van der Waals surface area (Å²) in [6.45, 7) is 2.63. The third-order valence-electron chi connectivity index (χ3n) is 6.72. The van der Waals surface area contributed by atoms with Crippen molar-refractivity contribution in [2.75, 3.05) is 25.6 Å². The number of phenols is 1. The van der Waals surface area contributed by atoms with Gasteiger partial charge < -0.3 is 10.0 Å². The van der Waals surface area contributed by atoms with Crippen LogP contribution in [0.4, 0.5) is 5.69 Å². The van der Waals surface area contributed by atoms with Crippen LogP contribution in [-0.2, 0) is 9.63 Å². The molecule has 1 N–H and O–H groups in total. The number of rotatable bonds is 4. The summed E-state index contributed by atoms with van der Waals surface area (Å²) >= 11 is 0. The van der Waals surface area contributed by atoms with E-state index >= 15 is 0 Å². The van der Waals surface area contributed by atoms with Gasteiger partial charge in [-0.2, -0.15) is 0 Å². The van der Waals surface area contributed by atoms with Gasteiger partial charge in [-0.15, -0.1) is 0 Å². The van der Waals surface area contributed by atoms with Crippen LogP contribution in [0, 0.1) is 17.8 Å². The number of aromatic hydroxyl groups is 1. The third-order valence-corrected chi connectivity index (χ3v) is 6.72. The number of para-hydroxylation sites is 2. The first-order chi connectivity index (χ1) is 16.5. The molecule has 1 saturated heterocycles. The SMILES string of the molecule is CON(C)C(=O)[C@H]1[C@H](c2ccccc2)CCN(c2ccccc2O)[C@]1(C)C#Cc1ccccc1. The summed E-state index contributed by atoms with van der Waals surface area (Å²) in [5.41, 5.74) is 1.71. The van der Waals surface area contributed by atoms with Gasteiger partial charge in [0.1, 0.15) is 11.3 Å². The van der Waals surface area contributed by atoms with Gasteiger partial charge in [-0.1, -0.05) is 72.5 Å². The first kappa shape index (κ1) is 23.4. The van der Waals surface area contributed by atoms with Crippen molar-refractivity contribution in [1.82, 2.24) is 5.06 Å². The predicted molar refractivity (Wildman–Crippen MR) is 134 cm³/mol. The molecule has 3 atom stereocenters. The van der Waals surface area contributed by atoms with Gasteiger partial charge in [0.25, 0.3) is 5.91 Å². The molecule has 34 heavy (non-hydrogen) atoms. The van der Waals surface area contributed by atoms with Crippen LogP contribution < -0.4 is 4.90 Å². The molecule has 0 saturated carbocycles. The van der Waals surface area contributed by atoms with Crippen molar-refractivity contribution in [3.05, 3.63) is 96.1 Å². The molecule has 1 aliphatic heterocycles. The van der Waals surface area contributed by atoms with Crippen LogP contribution in [0.25, 0.3) is 0 Å². The molecule has 0 radical (unpaired) electrons. The van der Waals surface area contributed by atoms with Gasteiger partial charge in [-0.05, 0) is 43.2 Å². The maximum absolute atomic E-state index is 13.8. The van der Waals surface area contributed by atoms with Crippen LogP contribution in [0.5, 0.6) is 5.75 Å². The summed E-state index contributed by atoms with van der Waals surface area (Å²) in [4.78, 5) is 21.3. The number of benzene rings is 3. The number of phenolic OH excluding ortho intramolecular Hbond substituents is 1. The second-order valence-electron chi connectivity index (χ2n) is 8.71. The minimum absolute atomic E-state index is 0.0662. The molecule has 0 aliphatic carbocycles.